The second kappa shape index (κ2) is 5.58. The van der Waals surface area contributed by atoms with Gasteiger partial charge in [-0.25, -0.2) is 0 Å². The summed E-state index contributed by atoms with van der Waals surface area (Å²) in [6.07, 6.45) is 1.88. The van der Waals surface area contributed by atoms with Crippen LogP contribution in [0.3, 0.4) is 0 Å². The fraction of sp³-hybridized carbons (Fsp3) is 0.357. The van der Waals surface area contributed by atoms with Gasteiger partial charge in [0.25, 0.3) is 0 Å². The van der Waals surface area contributed by atoms with Gasteiger partial charge in [0.2, 0.25) is 0 Å². The fourth-order valence-electron chi connectivity index (χ4n) is 1.96. The van der Waals surface area contributed by atoms with Crippen LogP contribution in [0.1, 0.15) is 13.8 Å². The quantitative estimate of drug-likeness (QED) is 0.762. The van der Waals surface area contributed by atoms with E-state index in [2.05, 4.69) is 0 Å². The summed E-state index contributed by atoms with van der Waals surface area (Å²) in [5.41, 5.74) is 0.981. The third kappa shape index (κ3) is 2.47. The van der Waals surface area contributed by atoms with Gasteiger partial charge in [-0.15, -0.1) is 0 Å². The van der Waals surface area contributed by atoms with E-state index in [4.69, 9.17) is 9.47 Å². The zero-order valence-corrected chi connectivity index (χ0v) is 10.7. The molecule has 2 rings (SSSR count). The van der Waals surface area contributed by atoms with Crippen molar-refractivity contribution in [1.29, 1.82) is 0 Å². The number of benzene rings is 1. The first-order valence-electron chi connectivity index (χ1n) is 6.12. The summed E-state index contributed by atoms with van der Waals surface area (Å²) in [7, 11) is 0. The number of carbonyl (C=O) groups is 1. The van der Waals surface area contributed by atoms with Gasteiger partial charge in [0, 0.05) is 11.6 Å². The Morgan fingerprint density at radius 1 is 1.22 bits per heavy atom. The van der Waals surface area contributed by atoms with Crippen LogP contribution in [0.4, 0.5) is 0 Å². The molecule has 4 heteroatoms. The van der Waals surface area contributed by atoms with Crippen molar-refractivity contribution in [1.82, 2.24) is 4.57 Å². The number of aromatic nitrogens is 1. The predicted molar refractivity (Wildman–Crippen MR) is 69.7 cm³/mol. The molecule has 1 aromatic heterocycles. The fourth-order valence-corrected chi connectivity index (χ4v) is 1.96. The molecular weight excluding hydrogens is 230 g/mol. The van der Waals surface area contributed by atoms with Gasteiger partial charge in [0.1, 0.15) is 12.3 Å². The molecule has 0 aliphatic carbocycles. The Labute approximate surface area is 106 Å². The maximum absolute atomic E-state index is 11.5. The lowest BCUT2D eigenvalue weighted by Crippen LogP contribution is -2.12. The smallest absolute Gasteiger partial charge is 0.325 e. The van der Waals surface area contributed by atoms with Crippen LogP contribution in [0, 0.1) is 0 Å². The number of nitrogens with zero attached hydrogens (tertiary/aromatic N) is 1. The van der Waals surface area contributed by atoms with E-state index >= 15 is 0 Å². The molecule has 0 radical (unpaired) electrons. The second-order valence-corrected chi connectivity index (χ2v) is 3.87. The van der Waals surface area contributed by atoms with Crippen molar-refractivity contribution in [2.24, 2.45) is 0 Å². The molecular formula is C14H17NO3. The molecule has 96 valence electrons. The molecule has 0 saturated heterocycles. The molecule has 2 aromatic rings. The zero-order valence-electron chi connectivity index (χ0n) is 10.7. The summed E-state index contributed by atoms with van der Waals surface area (Å²) < 4.78 is 12.4. The number of hydrogen-bond acceptors (Lipinski definition) is 3. The van der Waals surface area contributed by atoms with E-state index in [9.17, 15) is 4.79 Å². The predicted octanol–water partition coefficient (Wildman–Crippen LogP) is 2.60. The Hall–Kier alpha value is -1.97. The maximum atomic E-state index is 11.5. The lowest BCUT2D eigenvalue weighted by molar-refractivity contribution is -0.143. The molecule has 18 heavy (non-hydrogen) atoms. The minimum atomic E-state index is -0.225. The van der Waals surface area contributed by atoms with Crippen molar-refractivity contribution in [2.45, 2.75) is 20.4 Å². The van der Waals surface area contributed by atoms with Gasteiger partial charge in [-0.1, -0.05) is 6.07 Å². The van der Waals surface area contributed by atoms with Crippen molar-refractivity contribution in [2.75, 3.05) is 13.2 Å². The molecule has 1 heterocycles. The number of ether oxygens (including phenoxy) is 2. The molecule has 0 unspecified atom stereocenters. The first-order chi connectivity index (χ1) is 8.76. The van der Waals surface area contributed by atoms with Gasteiger partial charge in [0.15, 0.2) is 0 Å². The van der Waals surface area contributed by atoms with E-state index in [1.807, 2.05) is 42.0 Å². The minimum absolute atomic E-state index is 0.225. The van der Waals surface area contributed by atoms with E-state index in [1.165, 1.54) is 0 Å². The highest BCUT2D eigenvalue weighted by atomic mass is 16.5. The molecule has 0 N–H and O–H groups in total. The molecule has 0 amide bonds. The van der Waals surface area contributed by atoms with E-state index in [0.29, 0.717) is 13.2 Å². The summed E-state index contributed by atoms with van der Waals surface area (Å²) in [4.78, 5) is 11.5. The summed E-state index contributed by atoms with van der Waals surface area (Å²) in [5, 5.41) is 1.02. The van der Waals surface area contributed by atoms with Crippen LogP contribution in [0.2, 0.25) is 0 Å². The third-order valence-corrected chi connectivity index (χ3v) is 2.68. The summed E-state index contributed by atoms with van der Waals surface area (Å²) in [6.45, 7) is 5.02. The normalized spacial score (nSPS) is 10.6. The number of esters is 1. The molecule has 0 aliphatic rings. The molecule has 0 bridgehead atoms. The Kier molecular flexibility index (Phi) is 3.87. The van der Waals surface area contributed by atoms with Gasteiger partial charge in [-0.05, 0) is 32.0 Å². The molecule has 0 fully saturated rings. The standard InChI is InChI=1S/C14H17NO3/c1-3-17-13-7-5-6-12-11(13)8-9-15(12)10-14(16)18-4-2/h5-9H,3-4,10H2,1-2H3. The van der Waals surface area contributed by atoms with Crippen LogP contribution in [0.5, 0.6) is 5.75 Å². The van der Waals surface area contributed by atoms with Crippen molar-refractivity contribution in [3.63, 3.8) is 0 Å². The van der Waals surface area contributed by atoms with E-state index < -0.39 is 0 Å². The average molecular weight is 247 g/mol. The highest BCUT2D eigenvalue weighted by molar-refractivity contribution is 5.87. The Morgan fingerprint density at radius 3 is 2.78 bits per heavy atom. The van der Waals surface area contributed by atoms with Crippen LogP contribution in [0.15, 0.2) is 30.5 Å². The van der Waals surface area contributed by atoms with Crippen molar-refractivity contribution in [3.05, 3.63) is 30.5 Å². The van der Waals surface area contributed by atoms with Crippen molar-refractivity contribution >= 4 is 16.9 Å². The first kappa shape index (κ1) is 12.5. The first-order valence-corrected chi connectivity index (χ1v) is 6.12. The minimum Gasteiger partial charge on any atom is -0.493 e. The number of fused-ring (bicyclic) bond motifs is 1. The van der Waals surface area contributed by atoms with Crippen LogP contribution in [-0.2, 0) is 16.1 Å². The summed E-state index contributed by atoms with van der Waals surface area (Å²) in [5.74, 6) is 0.620. The highest BCUT2D eigenvalue weighted by Gasteiger charge is 2.09. The van der Waals surface area contributed by atoms with Gasteiger partial charge in [0.05, 0.1) is 18.7 Å². The largest absolute Gasteiger partial charge is 0.493 e. The molecule has 0 spiro atoms. The number of rotatable bonds is 5. The summed E-state index contributed by atoms with van der Waals surface area (Å²) >= 11 is 0. The van der Waals surface area contributed by atoms with Gasteiger partial charge < -0.3 is 14.0 Å². The molecule has 0 aliphatic heterocycles. The topological polar surface area (TPSA) is 40.5 Å². The van der Waals surface area contributed by atoms with Gasteiger partial charge >= 0.3 is 5.97 Å². The van der Waals surface area contributed by atoms with Gasteiger partial charge in [-0.3, -0.25) is 4.79 Å². The third-order valence-electron chi connectivity index (χ3n) is 2.68. The van der Waals surface area contributed by atoms with Crippen LogP contribution >= 0.6 is 0 Å². The second-order valence-electron chi connectivity index (χ2n) is 3.87. The Bertz CT molecular complexity index is 545. The SMILES string of the molecule is CCOC(=O)Cn1ccc2c(OCC)cccc21. The lowest BCUT2D eigenvalue weighted by atomic mass is 10.2. The number of carbonyl (C=O) groups excluding carboxylic acids is 1. The van der Waals surface area contributed by atoms with E-state index in [-0.39, 0.29) is 12.5 Å². The van der Waals surface area contributed by atoms with E-state index in [0.717, 1.165) is 16.7 Å². The monoisotopic (exact) mass is 247 g/mol. The molecule has 0 saturated carbocycles. The molecule has 4 nitrogen and oxygen atoms in total. The molecule has 0 atom stereocenters. The van der Waals surface area contributed by atoms with Crippen LogP contribution < -0.4 is 4.74 Å². The summed E-state index contributed by atoms with van der Waals surface area (Å²) in [6, 6.07) is 7.78. The highest BCUT2D eigenvalue weighted by Crippen LogP contribution is 2.26. The van der Waals surface area contributed by atoms with Crippen molar-refractivity contribution < 1.29 is 14.3 Å². The zero-order chi connectivity index (χ0) is 13.0. The Balaban J connectivity index is 2.30. The Morgan fingerprint density at radius 2 is 2.06 bits per heavy atom. The molecule has 1 aromatic carbocycles. The lowest BCUT2D eigenvalue weighted by Gasteiger charge is -2.07. The van der Waals surface area contributed by atoms with Gasteiger partial charge in [-0.2, -0.15) is 0 Å². The van der Waals surface area contributed by atoms with Crippen molar-refractivity contribution in [3.8, 4) is 5.75 Å². The van der Waals surface area contributed by atoms with Crippen LogP contribution in [0.25, 0.3) is 10.9 Å². The number of hydrogen-bond donors (Lipinski definition) is 0. The average Bonchev–Trinajstić information content (AvgIpc) is 2.74. The maximum Gasteiger partial charge on any atom is 0.325 e. The van der Waals surface area contributed by atoms with E-state index in [1.54, 1.807) is 6.92 Å². The van der Waals surface area contributed by atoms with Crippen LogP contribution in [-0.4, -0.2) is 23.8 Å².